The monoisotopic (exact) mass is 380 g/mol. The van der Waals surface area contributed by atoms with Crippen LogP contribution in [0.1, 0.15) is 10.5 Å². The number of piperazine rings is 1. The first-order chi connectivity index (χ1) is 13.6. The van der Waals surface area contributed by atoms with E-state index in [-0.39, 0.29) is 11.7 Å². The molecule has 1 saturated heterocycles. The maximum absolute atomic E-state index is 13.1. The Labute approximate surface area is 162 Å². The highest BCUT2D eigenvalue weighted by molar-refractivity contribution is 5.93. The Morgan fingerprint density at radius 2 is 1.82 bits per heavy atom. The van der Waals surface area contributed by atoms with Crippen LogP contribution in [-0.4, -0.2) is 54.3 Å². The molecule has 1 aromatic heterocycles. The molecule has 0 saturated carbocycles. The molecule has 3 aromatic rings. The minimum absolute atomic E-state index is 0.0776. The Hall–Kier alpha value is -3.35. The van der Waals surface area contributed by atoms with Gasteiger partial charge in [0, 0.05) is 43.5 Å². The highest BCUT2D eigenvalue weighted by Gasteiger charge is 2.24. The van der Waals surface area contributed by atoms with E-state index in [1.165, 1.54) is 12.1 Å². The van der Waals surface area contributed by atoms with Crippen LogP contribution >= 0.6 is 0 Å². The molecule has 28 heavy (non-hydrogen) atoms. The molecule has 1 aliphatic rings. The minimum Gasteiger partial charge on any atom is -0.497 e. The van der Waals surface area contributed by atoms with Crippen LogP contribution in [0, 0.1) is 5.82 Å². The normalized spacial score (nSPS) is 14.2. The first-order valence-corrected chi connectivity index (χ1v) is 9.13. The Kier molecular flexibility index (Phi) is 4.97. The fourth-order valence-corrected chi connectivity index (χ4v) is 3.35. The van der Waals surface area contributed by atoms with Crippen LogP contribution in [0.3, 0.4) is 0 Å². The Morgan fingerprint density at radius 3 is 2.54 bits per heavy atom. The Bertz CT molecular complexity index is 963. The molecule has 1 N–H and O–H groups in total. The summed E-state index contributed by atoms with van der Waals surface area (Å²) in [5, 5.41) is 7.00. The zero-order chi connectivity index (χ0) is 19.5. The molecular formula is C21H21FN4O2. The Balaban J connectivity index is 1.41. The van der Waals surface area contributed by atoms with Gasteiger partial charge in [-0.2, -0.15) is 5.10 Å². The summed E-state index contributed by atoms with van der Waals surface area (Å²) in [4.78, 5) is 16.9. The average molecular weight is 380 g/mol. The number of halogens is 1. The van der Waals surface area contributed by atoms with Crippen molar-refractivity contribution in [2.24, 2.45) is 0 Å². The number of rotatable bonds is 4. The van der Waals surface area contributed by atoms with E-state index in [0.29, 0.717) is 24.5 Å². The van der Waals surface area contributed by atoms with Crippen molar-refractivity contribution in [3.8, 4) is 17.0 Å². The predicted molar refractivity (Wildman–Crippen MR) is 105 cm³/mol. The molecule has 0 unspecified atom stereocenters. The number of H-pyrrole nitrogens is 1. The fourth-order valence-electron chi connectivity index (χ4n) is 3.35. The highest BCUT2D eigenvalue weighted by Crippen LogP contribution is 2.23. The summed E-state index contributed by atoms with van der Waals surface area (Å²) in [6.45, 7) is 2.75. The van der Waals surface area contributed by atoms with Crippen LogP contribution in [0.2, 0.25) is 0 Å². The molecule has 7 heteroatoms. The van der Waals surface area contributed by atoms with E-state index >= 15 is 0 Å². The van der Waals surface area contributed by atoms with Crippen molar-refractivity contribution < 1.29 is 13.9 Å². The maximum atomic E-state index is 13.1. The number of nitrogens with zero attached hydrogens (tertiary/aromatic N) is 3. The zero-order valence-electron chi connectivity index (χ0n) is 15.6. The number of aromatic amines is 1. The van der Waals surface area contributed by atoms with Crippen molar-refractivity contribution in [3.63, 3.8) is 0 Å². The molecular weight excluding hydrogens is 359 g/mol. The predicted octanol–water partition coefficient (Wildman–Crippen LogP) is 3.19. The highest BCUT2D eigenvalue weighted by atomic mass is 19.1. The van der Waals surface area contributed by atoms with Gasteiger partial charge in [0.15, 0.2) is 0 Å². The molecule has 6 nitrogen and oxygen atoms in total. The van der Waals surface area contributed by atoms with E-state index in [4.69, 9.17) is 4.74 Å². The topological polar surface area (TPSA) is 61.5 Å². The van der Waals surface area contributed by atoms with Gasteiger partial charge in [-0.15, -0.1) is 0 Å². The maximum Gasteiger partial charge on any atom is 0.272 e. The second-order valence-corrected chi connectivity index (χ2v) is 6.65. The van der Waals surface area contributed by atoms with Crippen LogP contribution in [-0.2, 0) is 0 Å². The number of anilines is 1. The van der Waals surface area contributed by atoms with Gasteiger partial charge in [0.05, 0.1) is 12.8 Å². The molecule has 2 aromatic carbocycles. The molecule has 0 aliphatic carbocycles. The van der Waals surface area contributed by atoms with Crippen LogP contribution in [0.4, 0.5) is 10.1 Å². The number of carbonyl (C=O) groups excluding carboxylic acids is 1. The number of hydrogen-bond acceptors (Lipinski definition) is 4. The summed E-state index contributed by atoms with van der Waals surface area (Å²) in [5.41, 5.74) is 2.92. The van der Waals surface area contributed by atoms with E-state index in [9.17, 15) is 9.18 Å². The molecule has 144 valence electrons. The quantitative estimate of drug-likeness (QED) is 0.755. The smallest absolute Gasteiger partial charge is 0.272 e. The van der Waals surface area contributed by atoms with Crippen molar-refractivity contribution >= 4 is 11.6 Å². The zero-order valence-corrected chi connectivity index (χ0v) is 15.6. The third-order valence-corrected chi connectivity index (χ3v) is 4.93. The van der Waals surface area contributed by atoms with Crippen molar-refractivity contribution in [2.45, 2.75) is 0 Å². The van der Waals surface area contributed by atoms with Gasteiger partial charge in [-0.3, -0.25) is 9.89 Å². The lowest BCUT2D eigenvalue weighted by molar-refractivity contribution is 0.0741. The third kappa shape index (κ3) is 3.69. The Morgan fingerprint density at radius 1 is 1.07 bits per heavy atom. The second kappa shape index (κ2) is 7.72. The van der Waals surface area contributed by atoms with E-state index < -0.39 is 0 Å². The van der Waals surface area contributed by atoms with Crippen molar-refractivity contribution in [1.29, 1.82) is 0 Å². The number of hydrogen-bond donors (Lipinski definition) is 1. The van der Waals surface area contributed by atoms with Crippen molar-refractivity contribution in [2.75, 3.05) is 38.2 Å². The summed E-state index contributed by atoms with van der Waals surface area (Å²) < 4.78 is 18.4. The average Bonchev–Trinajstić information content (AvgIpc) is 3.24. The van der Waals surface area contributed by atoms with E-state index in [2.05, 4.69) is 15.1 Å². The van der Waals surface area contributed by atoms with Gasteiger partial charge >= 0.3 is 0 Å². The molecule has 2 heterocycles. The molecule has 1 aliphatic heterocycles. The first kappa shape index (κ1) is 18.0. The molecule has 0 radical (unpaired) electrons. The summed E-state index contributed by atoms with van der Waals surface area (Å²) in [7, 11) is 1.65. The fraction of sp³-hybridized carbons (Fsp3) is 0.238. The van der Waals surface area contributed by atoms with Crippen molar-refractivity contribution in [3.05, 3.63) is 66.1 Å². The lowest BCUT2D eigenvalue weighted by atomic mass is 10.1. The molecule has 4 rings (SSSR count). The van der Waals surface area contributed by atoms with Crippen LogP contribution in [0.25, 0.3) is 11.3 Å². The number of benzene rings is 2. The molecule has 1 amide bonds. The van der Waals surface area contributed by atoms with Crippen LogP contribution in [0.5, 0.6) is 5.75 Å². The largest absolute Gasteiger partial charge is 0.497 e. The molecule has 0 spiro atoms. The summed E-state index contributed by atoms with van der Waals surface area (Å²) >= 11 is 0. The lowest BCUT2D eigenvalue weighted by Crippen LogP contribution is -2.48. The first-order valence-electron chi connectivity index (χ1n) is 9.13. The van der Waals surface area contributed by atoms with Gasteiger partial charge in [-0.1, -0.05) is 6.07 Å². The number of nitrogens with one attached hydrogen (secondary N) is 1. The number of carbonyl (C=O) groups is 1. The van der Waals surface area contributed by atoms with Gasteiger partial charge < -0.3 is 14.5 Å². The SMILES string of the molecule is COc1cccc(N2CCN(C(=O)c3cc(-c4ccc(F)cc4)n[nH]3)CC2)c1. The second-order valence-electron chi connectivity index (χ2n) is 6.65. The summed E-state index contributed by atoms with van der Waals surface area (Å²) in [5.74, 6) is 0.442. The molecule has 1 fully saturated rings. The molecule has 0 atom stereocenters. The van der Waals surface area contributed by atoms with E-state index in [1.807, 2.05) is 29.2 Å². The van der Waals surface area contributed by atoms with Gasteiger partial charge in [0.1, 0.15) is 17.3 Å². The van der Waals surface area contributed by atoms with E-state index in [1.54, 1.807) is 25.3 Å². The van der Waals surface area contributed by atoms with Crippen molar-refractivity contribution in [1.82, 2.24) is 15.1 Å². The van der Waals surface area contributed by atoms with Gasteiger partial charge in [-0.05, 0) is 42.5 Å². The van der Waals surface area contributed by atoms with Gasteiger partial charge in [-0.25, -0.2) is 4.39 Å². The number of amides is 1. The lowest BCUT2D eigenvalue weighted by Gasteiger charge is -2.36. The number of methoxy groups -OCH3 is 1. The van der Waals surface area contributed by atoms with Gasteiger partial charge in [0.2, 0.25) is 0 Å². The summed E-state index contributed by atoms with van der Waals surface area (Å²) in [6, 6.07) is 15.7. The molecule has 0 bridgehead atoms. The standard InChI is InChI=1S/C21H21FN4O2/c1-28-18-4-2-3-17(13-18)25-9-11-26(12-10-25)21(27)20-14-19(23-24-20)15-5-7-16(22)8-6-15/h2-8,13-14H,9-12H2,1H3,(H,23,24). The number of aromatic nitrogens is 2. The van der Waals surface area contributed by atoms with Crippen LogP contribution in [0.15, 0.2) is 54.6 Å². The van der Waals surface area contributed by atoms with E-state index in [0.717, 1.165) is 30.1 Å². The van der Waals surface area contributed by atoms with Gasteiger partial charge in [0.25, 0.3) is 5.91 Å². The summed E-state index contributed by atoms with van der Waals surface area (Å²) in [6.07, 6.45) is 0. The minimum atomic E-state index is -0.301. The number of ether oxygens (including phenoxy) is 1. The third-order valence-electron chi connectivity index (χ3n) is 4.93. The van der Waals surface area contributed by atoms with Crippen LogP contribution < -0.4 is 9.64 Å².